The molecule has 1 aliphatic rings. The number of primary amides is 1. The maximum absolute atomic E-state index is 12.7. The molecule has 4 atom stereocenters. The molecular formula is C17H29N5O7. The summed E-state index contributed by atoms with van der Waals surface area (Å²) in [6, 6.07) is -4.61. The van der Waals surface area contributed by atoms with E-state index in [4.69, 9.17) is 21.7 Å². The van der Waals surface area contributed by atoms with E-state index in [-0.39, 0.29) is 0 Å². The number of nitrogens with one attached hydrogen (secondary N) is 2. The van der Waals surface area contributed by atoms with E-state index in [9.17, 15) is 24.0 Å². The predicted octanol–water partition coefficient (Wildman–Crippen LogP) is -3.12. The van der Waals surface area contributed by atoms with Crippen LogP contribution in [0.5, 0.6) is 0 Å². The zero-order valence-corrected chi connectivity index (χ0v) is 16.5. The first-order valence-electron chi connectivity index (χ1n) is 9.28. The lowest BCUT2D eigenvalue weighted by Crippen LogP contribution is -2.58. The van der Waals surface area contributed by atoms with Crippen LogP contribution in [0.15, 0.2) is 0 Å². The van der Waals surface area contributed by atoms with Crippen LogP contribution < -0.4 is 22.1 Å². The fraction of sp³-hybridized carbons (Fsp3) is 0.706. The van der Waals surface area contributed by atoms with Gasteiger partial charge in [-0.05, 0) is 18.8 Å². The standard InChI is InChI=1S/C17H29N5O7/c1-8(2)13(15(26)20-10(17(28)29)6-12(19)24)21-14(25)11-4-3-5-22(11)16(27)9(18)7-23/h8-11,13,23H,3-7,18H2,1-2H3,(H2,19,24)(H,20,26)(H,21,25)(H,28,29). The Kier molecular flexibility index (Phi) is 8.98. The quantitative estimate of drug-likeness (QED) is 0.215. The average molecular weight is 415 g/mol. The fourth-order valence-electron chi connectivity index (χ4n) is 3.04. The summed E-state index contributed by atoms with van der Waals surface area (Å²) < 4.78 is 0. The number of aliphatic carboxylic acids is 1. The van der Waals surface area contributed by atoms with E-state index in [2.05, 4.69) is 10.6 Å². The molecule has 0 saturated carbocycles. The van der Waals surface area contributed by atoms with E-state index in [1.54, 1.807) is 13.8 Å². The van der Waals surface area contributed by atoms with Gasteiger partial charge in [0.2, 0.25) is 23.6 Å². The third kappa shape index (κ3) is 6.68. The molecule has 4 amide bonds. The fourth-order valence-corrected chi connectivity index (χ4v) is 3.04. The summed E-state index contributed by atoms with van der Waals surface area (Å²) in [6.45, 7) is 3.03. The second-order valence-corrected chi connectivity index (χ2v) is 7.28. The number of carboxylic acids is 1. The molecule has 12 heteroatoms. The van der Waals surface area contributed by atoms with Crippen molar-refractivity contribution in [3.63, 3.8) is 0 Å². The van der Waals surface area contributed by atoms with E-state index in [0.29, 0.717) is 19.4 Å². The Hall–Kier alpha value is -2.73. The Morgan fingerprint density at radius 2 is 1.79 bits per heavy atom. The van der Waals surface area contributed by atoms with Gasteiger partial charge in [-0.25, -0.2) is 4.79 Å². The van der Waals surface area contributed by atoms with Crippen molar-refractivity contribution in [3.8, 4) is 0 Å². The molecular weight excluding hydrogens is 386 g/mol. The van der Waals surface area contributed by atoms with Crippen molar-refractivity contribution in [1.82, 2.24) is 15.5 Å². The summed E-state index contributed by atoms with van der Waals surface area (Å²) in [6.07, 6.45) is 0.325. The van der Waals surface area contributed by atoms with Gasteiger partial charge in [0.25, 0.3) is 0 Å². The number of carbonyl (C=O) groups excluding carboxylic acids is 4. The number of carboxylic acid groups (broad SMARTS) is 1. The van der Waals surface area contributed by atoms with Crippen molar-refractivity contribution in [1.29, 1.82) is 0 Å². The number of amides is 4. The zero-order chi connectivity index (χ0) is 22.3. The van der Waals surface area contributed by atoms with Crippen LogP contribution in [0, 0.1) is 5.92 Å². The Labute approximate surface area is 168 Å². The van der Waals surface area contributed by atoms with Gasteiger partial charge in [0, 0.05) is 6.54 Å². The number of aliphatic hydroxyl groups excluding tert-OH is 1. The number of rotatable bonds is 10. The largest absolute Gasteiger partial charge is 0.480 e. The number of nitrogens with zero attached hydrogens (tertiary/aromatic N) is 1. The maximum Gasteiger partial charge on any atom is 0.326 e. The first-order chi connectivity index (χ1) is 13.5. The van der Waals surface area contributed by atoms with Crippen molar-refractivity contribution < 1.29 is 34.2 Å². The minimum Gasteiger partial charge on any atom is -0.480 e. The minimum absolute atomic E-state index is 0.295. The first-order valence-corrected chi connectivity index (χ1v) is 9.28. The summed E-state index contributed by atoms with van der Waals surface area (Å²) >= 11 is 0. The van der Waals surface area contributed by atoms with E-state index >= 15 is 0 Å². The van der Waals surface area contributed by atoms with Crippen LogP contribution in [-0.4, -0.2) is 82.0 Å². The highest BCUT2D eigenvalue weighted by Crippen LogP contribution is 2.19. The predicted molar refractivity (Wildman–Crippen MR) is 99.9 cm³/mol. The molecule has 1 rings (SSSR count). The monoisotopic (exact) mass is 415 g/mol. The molecule has 1 heterocycles. The second kappa shape index (κ2) is 10.7. The molecule has 8 N–H and O–H groups in total. The second-order valence-electron chi connectivity index (χ2n) is 7.28. The van der Waals surface area contributed by atoms with Gasteiger partial charge in [0.1, 0.15) is 24.2 Å². The van der Waals surface area contributed by atoms with E-state index < -0.39 is 72.7 Å². The zero-order valence-electron chi connectivity index (χ0n) is 16.5. The van der Waals surface area contributed by atoms with Crippen molar-refractivity contribution in [2.45, 2.75) is 57.3 Å². The van der Waals surface area contributed by atoms with Gasteiger partial charge >= 0.3 is 5.97 Å². The topological polar surface area (TPSA) is 205 Å². The number of nitrogens with two attached hydrogens (primary N) is 2. The van der Waals surface area contributed by atoms with Crippen LogP contribution in [0.2, 0.25) is 0 Å². The van der Waals surface area contributed by atoms with Crippen molar-refractivity contribution in [2.75, 3.05) is 13.2 Å². The highest BCUT2D eigenvalue weighted by atomic mass is 16.4. The number of hydrogen-bond acceptors (Lipinski definition) is 7. The van der Waals surface area contributed by atoms with Crippen LogP contribution in [-0.2, 0) is 24.0 Å². The molecule has 12 nitrogen and oxygen atoms in total. The molecule has 29 heavy (non-hydrogen) atoms. The van der Waals surface area contributed by atoms with Crippen LogP contribution in [0.4, 0.5) is 0 Å². The maximum atomic E-state index is 12.7. The van der Waals surface area contributed by atoms with Gasteiger partial charge in [-0.15, -0.1) is 0 Å². The van der Waals surface area contributed by atoms with Crippen LogP contribution >= 0.6 is 0 Å². The summed E-state index contributed by atoms with van der Waals surface area (Å²) in [5.74, 6) is -4.68. The van der Waals surface area contributed by atoms with Crippen molar-refractivity contribution in [2.24, 2.45) is 17.4 Å². The van der Waals surface area contributed by atoms with Crippen molar-refractivity contribution >= 4 is 29.6 Å². The van der Waals surface area contributed by atoms with Crippen LogP contribution in [0.3, 0.4) is 0 Å². The molecule has 4 unspecified atom stereocenters. The number of aliphatic hydroxyl groups is 1. The van der Waals surface area contributed by atoms with E-state index in [1.165, 1.54) is 4.90 Å². The summed E-state index contributed by atoms with van der Waals surface area (Å²) in [7, 11) is 0. The molecule has 0 aromatic carbocycles. The molecule has 164 valence electrons. The molecule has 0 aliphatic carbocycles. The van der Waals surface area contributed by atoms with Gasteiger partial charge < -0.3 is 37.2 Å². The lowest BCUT2D eigenvalue weighted by Gasteiger charge is -2.29. The summed E-state index contributed by atoms with van der Waals surface area (Å²) in [5, 5.41) is 22.9. The number of carbonyl (C=O) groups is 5. The highest BCUT2D eigenvalue weighted by Gasteiger charge is 2.38. The smallest absolute Gasteiger partial charge is 0.326 e. The number of hydrogen-bond donors (Lipinski definition) is 6. The van der Waals surface area contributed by atoms with Crippen LogP contribution in [0.25, 0.3) is 0 Å². The summed E-state index contributed by atoms with van der Waals surface area (Å²) in [4.78, 5) is 61.0. The first kappa shape index (κ1) is 24.3. The lowest BCUT2D eigenvalue weighted by atomic mass is 10.0. The molecule has 1 aliphatic heterocycles. The summed E-state index contributed by atoms with van der Waals surface area (Å²) in [5.41, 5.74) is 10.5. The Balaban J connectivity index is 2.88. The van der Waals surface area contributed by atoms with E-state index in [1.807, 2.05) is 0 Å². The molecule has 0 aromatic heterocycles. The molecule has 0 spiro atoms. The third-order valence-corrected chi connectivity index (χ3v) is 4.62. The lowest BCUT2D eigenvalue weighted by molar-refractivity contribution is -0.144. The SMILES string of the molecule is CC(C)C(NC(=O)C1CCCN1C(=O)C(N)CO)C(=O)NC(CC(N)=O)C(=O)O. The molecule has 0 radical (unpaired) electrons. The van der Waals surface area contributed by atoms with E-state index in [0.717, 1.165) is 0 Å². The molecule has 1 fully saturated rings. The van der Waals surface area contributed by atoms with Gasteiger partial charge in [0.05, 0.1) is 13.0 Å². The van der Waals surface area contributed by atoms with Gasteiger partial charge in [-0.2, -0.15) is 0 Å². The minimum atomic E-state index is -1.52. The van der Waals surface area contributed by atoms with Gasteiger partial charge in [-0.1, -0.05) is 13.8 Å². The average Bonchev–Trinajstić information content (AvgIpc) is 3.12. The van der Waals surface area contributed by atoms with Crippen molar-refractivity contribution in [3.05, 3.63) is 0 Å². The Morgan fingerprint density at radius 1 is 1.17 bits per heavy atom. The molecule has 0 aromatic rings. The molecule has 0 bridgehead atoms. The number of likely N-dealkylation sites (tertiary alicyclic amines) is 1. The normalized spacial score (nSPS) is 19.3. The third-order valence-electron chi connectivity index (χ3n) is 4.62. The Bertz CT molecular complexity index is 654. The van der Waals surface area contributed by atoms with Gasteiger partial charge in [0.15, 0.2) is 0 Å². The van der Waals surface area contributed by atoms with Gasteiger partial charge in [-0.3, -0.25) is 19.2 Å². The Morgan fingerprint density at radius 3 is 2.28 bits per heavy atom. The van der Waals surface area contributed by atoms with Crippen LogP contribution in [0.1, 0.15) is 33.1 Å². The molecule has 1 saturated heterocycles. The highest BCUT2D eigenvalue weighted by molar-refractivity contribution is 5.95.